The van der Waals surface area contributed by atoms with Crippen molar-refractivity contribution in [3.05, 3.63) is 168 Å². The van der Waals surface area contributed by atoms with Crippen LogP contribution in [-0.2, 0) is 92.5 Å². The van der Waals surface area contributed by atoms with Crippen LogP contribution in [0.1, 0.15) is 139 Å². The average Bonchev–Trinajstić information content (AvgIpc) is 2.33. The molecule has 4 aromatic carbocycles. The Morgan fingerprint density at radius 2 is 0.946 bits per heavy atom. The highest BCUT2D eigenvalue weighted by Gasteiger charge is 2.44. The number of unbranched alkanes of at least 4 members (excludes halogenated alkanes) is 4. The van der Waals surface area contributed by atoms with Crippen molar-refractivity contribution in [2.75, 3.05) is 34.6 Å². The number of hydrogen-bond acceptors (Lipinski definition) is 16. The maximum atomic E-state index is 14.3. The zero-order valence-electron chi connectivity index (χ0n) is 54.2. The molecule has 0 aliphatic heterocycles. The Hall–Kier alpha value is -7.22. The summed E-state index contributed by atoms with van der Waals surface area (Å²) in [4.78, 5) is 84.7. The molecule has 0 spiro atoms. The monoisotopic (exact) mass is 1320 g/mol. The van der Waals surface area contributed by atoms with E-state index in [4.69, 9.17) is 28.4 Å². The summed E-state index contributed by atoms with van der Waals surface area (Å²) in [5, 5.41) is 0. The van der Waals surface area contributed by atoms with E-state index in [9.17, 15) is 55.7 Å². The lowest BCUT2D eigenvalue weighted by atomic mass is 9.90. The molecule has 0 amide bonds. The molecule has 6 rings (SSSR count). The van der Waals surface area contributed by atoms with Gasteiger partial charge < -0.3 is 42.3 Å². The third kappa shape index (κ3) is 28.5. The van der Waals surface area contributed by atoms with Crippen LogP contribution < -0.4 is 9.47 Å². The maximum Gasteiger partial charge on any atom is 0.337 e. The van der Waals surface area contributed by atoms with Gasteiger partial charge in [0.25, 0.3) is 0 Å². The predicted molar refractivity (Wildman–Crippen MR) is 345 cm³/mol. The third-order valence-corrected chi connectivity index (χ3v) is 17.5. The summed E-state index contributed by atoms with van der Waals surface area (Å²) in [6.07, 6.45) is 14.2. The fourth-order valence-corrected chi connectivity index (χ4v) is 11.1. The lowest BCUT2D eigenvalue weighted by Gasteiger charge is -2.21. The lowest BCUT2D eigenvalue weighted by molar-refractivity contribution is -0.145. The zero-order valence-corrected chi connectivity index (χ0v) is 55.1. The van der Waals surface area contributed by atoms with Gasteiger partial charge in [0.15, 0.2) is 0 Å². The molecule has 16 nitrogen and oxygen atoms in total. The van der Waals surface area contributed by atoms with E-state index in [1.54, 1.807) is 28.1 Å². The van der Waals surface area contributed by atoms with Crippen LogP contribution in [0, 0.1) is 23.7 Å². The molecule has 2 aliphatic rings. The van der Waals surface area contributed by atoms with Gasteiger partial charge >= 0.3 is 31.4 Å². The summed E-state index contributed by atoms with van der Waals surface area (Å²) in [6.45, 7) is 4.64. The molecule has 0 N–H and O–H groups in total. The second-order valence-corrected chi connectivity index (χ2v) is 24.9. The summed E-state index contributed by atoms with van der Waals surface area (Å²) in [5.41, 5.74) is 3.73. The van der Waals surface area contributed by atoms with E-state index in [0.29, 0.717) is 70.1 Å². The first-order valence-electron chi connectivity index (χ1n) is 31.6. The van der Waals surface area contributed by atoms with Crippen LogP contribution in [-0.4, -0.2) is 100 Å². The van der Waals surface area contributed by atoms with Crippen LogP contribution in [0.2, 0.25) is 0 Å². The van der Waals surface area contributed by atoms with Gasteiger partial charge in [-0.25, -0.2) is 0 Å². The van der Waals surface area contributed by atoms with E-state index in [1.807, 2.05) is 133 Å². The number of rotatable bonds is 39. The number of alkyl halides is 4. The third-order valence-electron chi connectivity index (χ3n) is 15.7. The largest absolute Gasteiger partial charge is 0.497 e. The van der Waals surface area contributed by atoms with Crippen molar-refractivity contribution in [2.24, 2.45) is 23.7 Å². The summed E-state index contributed by atoms with van der Waals surface area (Å²) in [7, 11) is 1.61. The standard InChI is InChI=1S/C35H42F2O6.C28H32O6.C9H17F2O4P/c1-3-4-22-35(36,37)33(39)21-20-30-29(31(38)23-32(30)42-24-27-16-18-28(41-2)19-17-27)14-10-5-6-11-15-34(40)43-25-26-12-8-7-9-13-26;1-32-23-15-13-22(14-16-23)19-33-27-17-26(30)24(25(27)18-29)11-7-2-3-8-12-28(31)34-20-21-9-5-4-6-10-21;1-4-5-6-9(10,11)8(12)7-16(13,14-2)15-3/h5,7-10,12-13,16-21,29-30,32H,3-4,6,11,14-15,22-25H2,1-2H3;2,4-7,9-10,13-16,18,24-25,27H,3,8,11-12,17,19-20H2,1H3;4-7H2,1-3H3/b10-5-,21-20+;7-2-;/t29-,30-,32-;24-,25-,27-;/m11./s1. The molecule has 0 heterocycles. The molecule has 93 heavy (non-hydrogen) atoms. The van der Waals surface area contributed by atoms with Gasteiger partial charge in [0.05, 0.1) is 45.6 Å². The first kappa shape index (κ1) is 78.2. The van der Waals surface area contributed by atoms with Crippen molar-refractivity contribution in [3.8, 4) is 11.5 Å². The van der Waals surface area contributed by atoms with Crippen molar-refractivity contribution in [3.63, 3.8) is 0 Å². The quantitative estimate of drug-likeness (QED) is 0.00773. The Bertz CT molecular complexity index is 3040. The number of methoxy groups -OCH3 is 2. The topological polar surface area (TPSA) is 210 Å². The number of carbonyl (C=O) groups excluding carboxylic acids is 7. The number of ketones is 4. The lowest BCUT2D eigenvalue weighted by Crippen LogP contribution is -2.31. The molecular formula is C72H91F4O16P. The number of aldehydes is 1. The van der Waals surface area contributed by atoms with Gasteiger partial charge in [0, 0.05) is 70.5 Å². The zero-order chi connectivity index (χ0) is 68.1. The van der Waals surface area contributed by atoms with E-state index in [0.717, 1.165) is 54.6 Å². The minimum Gasteiger partial charge on any atom is -0.497 e. The van der Waals surface area contributed by atoms with Gasteiger partial charge in [-0.3, -0.25) is 33.3 Å². The van der Waals surface area contributed by atoms with Gasteiger partial charge in [-0.15, -0.1) is 0 Å². The minimum absolute atomic E-state index is 0.0336. The Morgan fingerprint density at radius 3 is 1.35 bits per heavy atom. The predicted octanol–water partition coefficient (Wildman–Crippen LogP) is 15.3. The van der Waals surface area contributed by atoms with E-state index in [2.05, 4.69) is 9.05 Å². The number of Topliss-reactive ketones (excluding diaryl/α,β-unsaturated/α-hetero) is 3. The van der Waals surface area contributed by atoms with Crippen molar-refractivity contribution in [1.82, 2.24) is 0 Å². The van der Waals surface area contributed by atoms with Crippen molar-refractivity contribution < 1.29 is 93.2 Å². The van der Waals surface area contributed by atoms with Crippen LogP contribution >= 0.6 is 7.60 Å². The van der Waals surface area contributed by atoms with Crippen molar-refractivity contribution >= 4 is 49.0 Å². The first-order chi connectivity index (χ1) is 44.6. The molecule has 0 aromatic heterocycles. The number of allylic oxidation sites excluding steroid dienone is 5. The maximum absolute atomic E-state index is 14.3. The summed E-state index contributed by atoms with van der Waals surface area (Å²) in [5.74, 6) is -10.3. The summed E-state index contributed by atoms with van der Waals surface area (Å²) >= 11 is 0. The molecule has 2 saturated carbocycles. The number of carbonyl (C=O) groups is 7. The SMILES string of the molecule is CCCCC(F)(F)C(=O)/C=C/[C@H]1[C@H](OCc2ccc(OC)cc2)CC(=O)[C@@H]1C/C=C\CCCC(=O)OCc1ccccc1.CCCCC(F)(F)C(=O)CP(=O)(OC)OC.COc1ccc(CO[C@@H]2CC(=O)[C@H](C/C=C\CCCC(=O)OCc3ccccc3)[C@H]2C=O)cc1. The molecular weight excluding hydrogens is 1230 g/mol. The minimum atomic E-state index is -3.70. The highest BCUT2D eigenvalue weighted by Crippen LogP contribution is 2.47. The number of esters is 2. The normalized spacial score (nSPS) is 18.2. The molecule has 0 bridgehead atoms. The van der Waals surface area contributed by atoms with Crippen molar-refractivity contribution in [2.45, 2.75) is 167 Å². The van der Waals surface area contributed by atoms with Gasteiger partial charge in [-0.2, -0.15) is 17.6 Å². The van der Waals surface area contributed by atoms with Crippen LogP contribution in [0.4, 0.5) is 17.6 Å². The summed E-state index contributed by atoms with van der Waals surface area (Å²) in [6, 6.07) is 33.9. The van der Waals surface area contributed by atoms with E-state index < -0.39 is 80.0 Å². The van der Waals surface area contributed by atoms with E-state index in [1.165, 1.54) is 6.08 Å². The van der Waals surface area contributed by atoms with Gasteiger partial charge in [0.2, 0.25) is 11.6 Å². The Balaban J connectivity index is 0.000000327. The molecule has 6 atom stereocenters. The Kier molecular flexibility index (Phi) is 35.5. The highest BCUT2D eigenvalue weighted by atomic mass is 31.2. The molecule has 0 saturated heterocycles. The highest BCUT2D eigenvalue weighted by molar-refractivity contribution is 7.54. The molecule has 21 heteroatoms. The smallest absolute Gasteiger partial charge is 0.337 e. The average molecular weight is 1320 g/mol. The second kappa shape index (κ2) is 42.2. The van der Waals surface area contributed by atoms with Gasteiger partial charge in [0.1, 0.15) is 48.7 Å². The van der Waals surface area contributed by atoms with Gasteiger partial charge in [-0.05, 0) is 104 Å². The number of hydrogen-bond donors (Lipinski definition) is 0. The van der Waals surface area contributed by atoms with Crippen molar-refractivity contribution in [1.29, 1.82) is 0 Å². The van der Waals surface area contributed by atoms with Gasteiger partial charge in [-0.1, -0.05) is 142 Å². The van der Waals surface area contributed by atoms with E-state index in [-0.39, 0.29) is 81.3 Å². The number of halogens is 4. The fraction of sp³-hybridized carbons (Fsp3) is 0.486. The molecule has 4 aromatic rings. The molecule has 0 radical (unpaired) electrons. The number of ether oxygens (including phenoxy) is 6. The Labute approximate surface area is 544 Å². The summed E-state index contributed by atoms with van der Waals surface area (Å²) < 4.78 is 108. The fourth-order valence-electron chi connectivity index (χ4n) is 10.1. The number of benzene rings is 4. The second-order valence-electron chi connectivity index (χ2n) is 22.6. The molecule has 0 unspecified atom stereocenters. The van der Waals surface area contributed by atoms with Crippen LogP contribution in [0.15, 0.2) is 146 Å². The molecule has 508 valence electrons. The molecule has 2 fully saturated rings. The van der Waals surface area contributed by atoms with Crippen LogP contribution in [0.25, 0.3) is 0 Å². The van der Waals surface area contributed by atoms with Crippen LogP contribution in [0.5, 0.6) is 11.5 Å². The Morgan fingerprint density at radius 1 is 0.538 bits per heavy atom. The first-order valence-corrected chi connectivity index (χ1v) is 33.3. The van der Waals surface area contributed by atoms with E-state index >= 15 is 0 Å². The van der Waals surface area contributed by atoms with Crippen LogP contribution in [0.3, 0.4) is 0 Å². The molecule has 2 aliphatic carbocycles.